The van der Waals surface area contributed by atoms with Crippen LogP contribution in [0.15, 0.2) is 0 Å². The summed E-state index contributed by atoms with van der Waals surface area (Å²) in [5.41, 5.74) is -1.02. The third-order valence-corrected chi connectivity index (χ3v) is 4.41. The standard InChI is InChI=1S/C16H28F3NO2/c1-11(2)7-8-15(3,22)10-20-14(21)12-5-4-6-13(9-12)16(17,18)19/h11-13,22H,4-10H2,1-3H3,(H,20,21). The van der Waals surface area contributed by atoms with Crippen molar-refractivity contribution in [3.8, 4) is 0 Å². The van der Waals surface area contributed by atoms with Gasteiger partial charge >= 0.3 is 6.18 Å². The quantitative estimate of drug-likeness (QED) is 0.784. The van der Waals surface area contributed by atoms with Crippen LogP contribution in [0.4, 0.5) is 13.2 Å². The Morgan fingerprint density at radius 1 is 1.32 bits per heavy atom. The Bertz CT molecular complexity index is 367. The second-order valence-electron chi connectivity index (χ2n) is 7.25. The molecule has 0 radical (unpaired) electrons. The van der Waals surface area contributed by atoms with E-state index in [1.165, 1.54) is 0 Å². The van der Waals surface area contributed by atoms with Crippen LogP contribution in [-0.2, 0) is 4.79 Å². The molecule has 0 saturated heterocycles. The number of amides is 1. The predicted octanol–water partition coefficient (Wildman–Crippen LogP) is 3.66. The largest absolute Gasteiger partial charge is 0.391 e. The summed E-state index contributed by atoms with van der Waals surface area (Å²) in [7, 11) is 0. The van der Waals surface area contributed by atoms with E-state index in [1.807, 2.05) is 13.8 Å². The van der Waals surface area contributed by atoms with E-state index in [0.717, 1.165) is 6.42 Å². The number of hydrogen-bond acceptors (Lipinski definition) is 2. The molecule has 3 atom stereocenters. The molecule has 0 aromatic carbocycles. The van der Waals surface area contributed by atoms with Crippen LogP contribution >= 0.6 is 0 Å². The Balaban J connectivity index is 2.44. The summed E-state index contributed by atoms with van der Waals surface area (Å²) >= 11 is 0. The molecule has 0 heterocycles. The summed E-state index contributed by atoms with van der Waals surface area (Å²) in [4.78, 5) is 12.1. The summed E-state index contributed by atoms with van der Waals surface area (Å²) in [6, 6.07) is 0. The molecule has 6 heteroatoms. The molecule has 0 bridgehead atoms. The second kappa shape index (κ2) is 7.66. The van der Waals surface area contributed by atoms with E-state index in [0.29, 0.717) is 25.2 Å². The zero-order valence-corrected chi connectivity index (χ0v) is 13.7. The van der Waals surface area contributed by atoms with Crippen molar-refractivity contribution in [2.45, 2.75) is 71.1 Å². The topological polar surface area (TPSA) is 49.3 Å². The van der Waals surface area contributed by atoms with Gasteiger partial charge in [0.25, 0.3) is 0 Å². The van der Waals surface area contributed by atoms with Crippen LogP contribution in [0.3, 0.4) is 0 Å². The summed E-state index contributed by atoms with van der Waals surface area (Å²) in [5.74, 6) is -1.88. The van der Waals surface area contributed by atoms with E-state index >= 15 is 0 Å². The molecule has 0 spiro atoms. The van der Waals surface area contributed by atoms with E-state index in [-0.39, 0.29) is 25.3 Å². The molecular weight excluding hydrogens is 295 g/mol. The fourth-order valence-electron chi connectivity index (χ4n) is 2.84. The van der Waals surface area contributed by atoms with Crippen molar-refractivity contribution in [3.05, 3.63) is 0 Å². The molecule has 1 saturated carbocycles. The number of carbonyl (C=O) groups is 1. The van der Waals surface area contributed by atoms with Crippen molar-refractivity contribution >= 4 is 5.91 Å². The zero-order valence-electron chi connectivity index (χ0n) is 13.7. The minimum Gasteiger partial charge on any atom is -0.388 e. The highest BCUT2D eigenvalue weighted by Gasteiger charge is 2.43. The Labute approximate surface area is 130 Å². The Hall–Kier alpha value is -0.780. The molecule has 1 aliphatic carbocycles. The van der Waals surface area contributed by atoms with Crippen LogP contribution in [0, 0.1) is 17.8 Å². The third kappa shape index (κ3) is 6.55. The summed E-state index contributed by atoms with van der Waals surface area (Å²) in [5, 5.41) is 12.8. The van der Waals surface area contributed by atoms with Crippen molar-refractivity contribution in [3.63, 3.8) is 0 Å². The van der Waals surface area contributed by atoms with Gasteiger partial charge in [0, 0.05) is 12.5 Å². The van der Waals surface area contributed by atoms with Crippen LogP contribution in [0.2, 0.25) is 0 Å². The molecular formula is C16H28F3NO2. The molecule has 3 unspecified atom stereocenters. The highest BCUT2D eigenvalue weighted by molar-refractivity contribution is 5.78. The van der Waals surface area contributed by atoms with Crippen LogP contribution in [0.5, 0.6) is 0 Å². The third-order valence-electron chi connectivity index (χ3n) is 4.41. The Kier molecular flexibility index (Phi) is 6.71. The van der Waals surface area contributed by atoms with Gasteiger partial charge in [-0.05, 0) is 44.9 Å². The smallest absolute Gasteiger partial charge is 0.388 e. The van der Waals surface area contributed by atoms with Crippen LogP contribution in [0.1, 0.15) is 59.3 Å². The number of aliphatic hydroxyl groups is 1. The lowest BCUT2D eigenvalue weighted by atomic mass is 9.80. The SMILES string of the molecule is CC(C)CCC(C)(O)CNC(=O)C1CCCC(C(F)(F)F)C1. The monoisotopic (exact) mass is 323 g/mol. The van der Waals surface area contributed by atoms with Gasteiger partial charge in [-0.2, -0.15) is 13.2 Å². The van der Waals surface area contributed by atoms with Crippen LogP contribution in [0.25, 0.3) is 0 Å². The van der Waals surface area contributed by atoms with E-state index in [1.54, 1.807) is 6.92 Å². The van der Waals surface area contributed by atoms with Gasteiger partial charge < -0.3 is 10.4 Å². The highest BCUT2D eigenvalue weighted by atomic mass is 19.4. The highest BCUT2D eigenvalue weighted by Crippen LogP contribution is 2.39. The lowest BCUT2D eigenvalue weighted by Crippen LogP contribution is -2.44. The van der Waals surface area contributed by atoms with Crippen molar-refractivity contribution < 1.29 is 23.1 Å². The van der Waals surface area contributed by atoms with Crippen molar-refractivity contribution in [2.24, 2.45) is 17.8 Å². The van der Waals surface area contributed by atoms with Gasteiger partial charge in [0.1, 0.15) is 0 Å². The number of halogens is 3. The molecule has 1 amide bonds. The molecule has 0 aromatic heterocycles. The molecule has 130 valence electrons. The van der Waals surface area contributed by atoms with E-state index in [9.17, 15) is 23.1 Å². The number of hydrogen-bond donors (Lipinski definition) is 2. The number of alkyl halides is 3. The van der Waals surface area contributed by atoms with Crippen molar-refractivity contribution in [1.82, 2.24) is 5.32 Å². The second-order valence-corrected chi connectivity index (χ2v) is 7.25. The summed E-state index contributed by atoms with van der Waals surface area (Å²) in [6.07, 6.45) is -1.94. The number of carbonyl (C=O) groups excluding carboxylic acids is 1. The van der Waals surface area contributed by atoms with E-state index < -0.39 is 23.6 Å². The molecule has 1 rings (SSSR count). The minimum atomic E-state index is -4.22. The zero-order chi connectivity index (χ0) is 17.0. The average molecular weight is 323 g/mol. The molecule has 0 aliphatic heterocycles. The van der Waals surface area contributed by atoms with Crippen molar-refractivity contribution in [2.75, 3.05) is 6.54 Å². The first kappa shape index (κ1) is 19.3. The maximum Gasteiger partial charge on any atom is 0.391 e. The van der Waals surface area contributed by atoms with Crippen molar-refractivity contribution in [1.29, 1.82) is 0 Å². The lowest BCUT2D eigenvalue weighted by molar-refractivity contribution is -0.186. The maximum atomic E-state index is 12.8. The fourth-order valence-corrected chi connectivity index (χ4v) is 2.84. The van der Waals surface area contributed by atoms with Gasteiger partial charge in [0.15, 0.2) is 0 Å². The summed E-state index contributed by atoms with van der Waals surface area (Å²) < 4.78 is 38.3. The molecule has 1 aliphatic rings. The van der Waals surface area contributed by atoms with Crippen LogP contribution in [-0.4, -0.2) is 29.3 Å². The van der Waals surface area contributed by atoms with E-state index in [2.05, 4.69) is 5.32 Å². The van der Waals surface area contributed by atoms with Gasteiger partial charge in [-0.1, -0.05) is 20.3 Å². The number of rotatable bonds is 6. The van der Waals surface area contributed by atoms with Crippen LogP contribution < -0.4 is 5.32 Å². The fraction of sp³-hybridized carbons (Fsp3) is 0.938. The summed E-state index contributed by atoms with van der Waals surface area (Å²) in [6.45, 7) is 5.84. The lowest BCUT2D eigenvalue weighted by Gasteiger charge is -2.31. The first-order valence-electron chi connectivity index (χ1n) is 8.08. The molecule has 1 fully saturated rings. The Morgan fingerprint density at radius 2 is 1.95 bits per heavy atom. The van der Waals surface area contributed by atoms with Gasteiger partial charge in [-0.15, -0.1) is 0 Å². The van der Waals surface area contributed by atoms with Gasteiger partial charge in [0.2, 0.25) is 5.91 Å². The van der Waals surface area contributed by atoms with Gasteiger partial charge in [-0.25, -0.2) is 0 Å². The number of nitrogens with one attached hydrogen (secondary N) is 1. The normalized spacial score (nSPS) is 25.8. The predicted molar refractivity (Wildman–Crippen MR) is 79.2 cm³/mol. The first-order valence-corrected chi connectivity index (χ1v) is 8.08. The van der Waals surface area contributed by atoms with Gasteiger partial charge in [0.05, 0.1) is 11.5 Å². The maximum absolute atomic E-state index is 12.8. The first-order chi connectivity index (χ1) is 10.0. The molecule has 3 nitrogen and oxygen atoms in total. The molecule has 2 N–H and O–H groups in total. The minimum absolute atomic E-state index is 0.0890. The Morgan fingerprint density at radius 3 is 2.50 bits per heavy atom. The average Bonchev–Trinajstić information content (AvgIpc) is 2.42. The van der Waals surface area contributed by atoms with Gasteiger partial charge in [-0.3, -0.25) is 4.79 Å². The van der Waals surface area contributed by atoms with E-state index in [4.69, 9.17) is 0 Å². The molecule has 0 aromatic rings. The molecule has 22 heavy (non-hydrogen) atoms.